The molecule has 9 heteroatoms. The lowest BCUT2D eigenvalue weighted by Gasteiger charge is -2.44. The van der Waals surface area contributed by atoms with E-state index in [9.17, 15) is 9.59 Å². The van der Waals surface area contributed by atoms with Gasteiger partial charge in [0.15, 0.2) is 5.65 Å². The molecule has 0 saturated carbocycles. The van der Waals surface area contributed by atoms with Crippen molar-refractivity contribution >= 4 is 34.4 Å². The van der Waals surface area contributed by atoms with Crippen LogP contribution in [0.2, 0.25) is 5.02 Å². The van der Waals surface area contributed by atoms with E-state index in [0.717, 1.165) is 16.8 Å². The summed E-state index contributed by atoms with van der Waals surface area (Å²) in [5.74, 6) is 3.05. The number of piperazine rings is 1. The zero-order chi connectivity index (χ0) is 30.3. The molecule has 214 valence electrons. The summed E-state index contributed by atoms with van der Waals surface area (Å²) in [7, 11) is 0. The molecule has 3 aromatic heterocycles. The number of nitrogens with zero attached hydrogens (tertiary/aromatic N) is 6. The number of rotatable bonds is 5. The molecule has 4 heterocycles. The Morgan fingerprint density at radius 2 is 1.93 bits per heavy atom. The molecule has 0 radical (unpaired) electrons. The second kappa shape index (κ2) is 11.4. The number of aryl methyl sites for hydroxylation is 1. The molecule has 42 heavy (non-hydrogen) atoms. The van der Waals surface area contributed by atoms with Gasteiger partial charge in [0, 0.05) is 42.5 Å². The molecule has 0 unspecified atom stereocenters. The number of hydrogen-bond donors (Lipinski definition) is 0. The van der Waals surface area contributed by atoms with Crippen LogP contribution in [0.1, 0.15) is 50.4 Å². The summed E-state index contributed by atoms with van der Waals surface area (Å²) in [6, 6.07) is 10.9. The van der Waals surface area contributed by atoms with Crippen LogP contribution < -0.4 is 10.6 Å². The number of halogens is 1. The largest absolute Gasteiger partial charge is 0.355 e. The number of aromatic nitrogens is 4. The number of hydrogen-bond acceptors (Lipinski definition) is 6. The fraction of sp³-hybridized carbons (Fsp3) is 0.303. The van der Waals surface area contributed by atoms with Crippen LogP contribution in [0, 0.1) is 19.3 Å². The molecule has 0 bridgehead atoms. The first-order valence-corrected chi connectivity index (χ1v) is 14.3. The highest BCUT2D eigenvalue weighted by atomic mass is 35.5. The van der Waals surface area contributed by atoms with E-state index in [1.165, 1.54) is 6.08 Å². The van der Waals surface area contributed by atoms with Gasteiger partial charge in [-0.25, -0.2) is 14.3 Å². The Hall–Kier alpha value is -4.48. The second-order valence-corrected chi connectivity index (χ2v) is 11.4. The number of pyridine rings is 2. The minimum atomic E-state index is -0.474. The van der Waals surface area contributed by atoms with Crippen molar-refractivity contribution in [1.29, 1.82) is 0 Å². The van der Waals surface area contributed by atoms with E-state index in [4.69, 9.17) is 23.0 Å². The smallest absolute Gasteiger partial charge is 0.349 e. The van der Waals surface area contributed by atoms with E-state index in [1.807, 2.05) is 71.0 Å². The van der Waals surface area contributed by atoms with E-state index >= 15 is 0 Å². The molecular weight excluding hydrogens is 548 g/mol. The summed E-state index contributed by atoms with van der Waals surface area (Å²) < 4.78 is 1.55. The zero-order valence-corrected chi connectivity index (χ0v) is 25.2. The third-order valence-electron chi connectivity index (χ3n) is 7.74. The molecule has 1 fully saturated rings. The molecule has 1 saturated heterocycles. The summed E-state index contributed by atoms with van der Waals surface area (Å²) in [5.41, 5.74) is 4.16. The van der Waals surface area contributed by atoms with Gasteiger partial charge in [-0.05, 0) is 62.6 Å². The molecular formula is C33H33ClN6O2. The SMILES string of the molecule is C#Cc1cccc(-c2nc3c(cc2Cl)c(N2C[C@@H](C)N(C(=O)C=C)C[C@@H]2C)nc(=O)n3-c2c(C)ccnc2C(C)C)c1. The van der Waals surface area contributed by atoms with Gasteiger partial charge in [0.1, 0.15) is 5.82 Å². The Balaban J connectivity index is 1.82. The topological polar surface area (TPSA) is 84.2 Å². The van der Waals surface area contributed by atoms with Crippen LogP contribution in [0.4, 0.5) is 5.82 Å². The van der Waals surface area contributed by atoms with Crippen molar-refractivity contribution in [2.24, 2.45) is 0 Å². The van der Waals surface area contributed by atoms with Crippen molar-refractivity contribution in [2.75, 3.05) is 18.0 Å². The van der Waals surface area contributed by atoms with Crippen LogP contribution >= 0.6 is 11.6 Å². The number of carbonyl (C=O) groups is 1. The van der Waals surface area contributed by atoms with Crippen molar-refractivity contribution < 1.29 is 4.79 Å². The monoisotopic (exact) mass is 580 g/mol. The van der Waals surface area contributed by atoms with Gasteiger partial charge < -0.3 is 9.80 Å². The Bertz CT molecular complexity index is 1820. The molecule has 1 aliphatic rings. The van der Waals surface area contributed by atoms with Gasteiger partial charge >= 0.3 is 5.69 Å². The quantitative estimate of drug-likeness (QED) is 0.228. The van der Waals surface area contributed by atoms with Gasteiger partial charge in [0.2, 0.25) is 5.91 Å². The fourth-order valence-corrected chi connectivity index (χ4v) is 5.88. The lowest BCUT2D eigenvalue weighted by atomic mass is 10.0. The molecule has 8 nitrogen and oxygen atoms in total. The average Bonchev–Trinajstić information content (AvgIpc) is 2.97. The molecule has 1 amide bonds. The van der Waals surface area contributed by atoms with Crippen LogP contribution in [0.15, 0.2) is 60.0 Å². The number of terminal acetylenes is 1. The lowest BCUT2D eigenvalue weighted by Crippen LogP contribution is -2.58. The number of fused-ring (bicyclic) bond motifs is 1. The van der Waals surface area contributed by atoms with Gasteiger partial charge in [0.05, 0.1) is 27.5 Å². The molecule has 0 spiro atoms. The minimum Gasteiger partial charge on any atom is -0.349 e. The normalized spacial score (nSPS) is 17.0. The standard InChI is InChI=1S/C33H33ClN6O2/c1-8-23-11-10-12-24(15-23)29-26(34)16-25-31(39-18-21(6)38(17-22(39)7)27(41)9-2)37-33(42)40(32(25)36-29)30-20(5)13-14-35-28(30)19(3)4/h1,9-16,19,21-22H,2,17-18H2,3-7H3/t21-,22+/m1/s1. The Morgan fingerprint density at radius 1 is 1.17 bits per heavy atom. The van der Waals surface area contributed by atoms with E-state index in [2.05, 4.69) is 27.4 Å². The van der Waals surface area contributed by atoms with Crippen LogP contribution in [0.3, 0.4) is 0 Å². The Kier molecular flexibility index (Phi) is 7.89. The average molecular weight is 581 g/mol. The minimum absolute atomic E-state index is 0.0388. The van der Waals surface area contributed by atoms with Crippen LogP contribution in [-0.2, 0) is 4.79 Å². The maximum atomic E-state index is 14.1. The van der Waals surface area contributed by atoms with E-state index in [0.29, 0.717) is 51.9 Å². The molecule has 1 aromatic carbocycles. The maximum absolute atomic E-state index is 14.1. The summed E-state index contributed by atoms with van der Waals surface area (Å²) in [5, 5.41) is 1.02. The van der Waals surface area contributed by atoms with Crippen molar-refractivity contribution in [3.8, 4) is 29.3 Å². The molecule has 4 aromatic rings. The summed E-state index contributed by atoms with van der Waals surface area (Å²) in [6.45, 7) is 14.6. The highest BCUT2D eigenvalue weighted by Crippen LogP contribution is 2.36. The Morgan fingerprint density at radius 3 is 2.62 bits per heavy atom. The number of anilines is 1. The Labute approximate surface area is 250 Å². The summed E-state index contributed by atoms with van der Waals surface area (Å²) in [4.78, 5) is 44.7. The van der Waals surface area contributed by atoms with Gasteiger partial charge in [-0.1, -0.05) is 50.1 Å². The fourth-order valence-electron chi connectivity index (χ4n) is 5.62. The summed E-state index contributed by atoms with van der Waals surface area (Å²) >= 11 is 6.92. The van der Waals surface area contributed by atoms with Crippen LogP contribution in [0.25, 0.3) is 28.0 Å². The van der Waals surface area contributed by atoms with Crippen molar-refractivity contribution in [1.82, 2.24) is 24.4 Å². The first-order valence-electron chi connectivity index (χ1n) is 13.9. The van der Waals surface area contributed by atoms with Gasteiger partial charge in [-0.3, -0.25) is 9.78 Å². The molecule has 2 atom stereocenters. The van der Waals surface area contributed by atoms with Crippen LogP contribution in [-0.4, -0.2) is 55.5 Å². The van der Waals surface area contributed by atoms with Crippen molar-refractivity contribution in [3.05, 3.63) is 87.6 Å². The highest BCUT2D eigenvalue weighted by molar-refractivity contribution is 6.33. The second-order valence-electron chi connectivity index (χ2n) is 11.0. The first kappa shape index (κ1) is 29.0. The number of benzene rings is 1. The predicted molar refractivity (Wildman–Crippen MR) is 168 cm³/mol. The van der Waals surface area contributed by atoms with E-state index in [-0.39, 0.29) is 23.9 Å². The number of amides is 1. The van der Waals surface area contributed by atoms with Gasteiger partial charge in [0.25, 0.3) is 0 Å². The van der Waals surface area contributed by atoms with Crippen molar-refractivity contribution in [3.63, 3.8) is 0 Å². The number of carbonyl (C=O) groups excluding carboxylic acids is 1. The summed E-state index contributed by atoms with van der Waals surface area (Å²) in [6.07, 6.45) is 8.75. The van der Waals surface area contributed by atoms with E-state index in [1.54, 1.807) is 15.7 Å². The molecule has 0 N–H and O–H groups in total. The van der Waals surface area contributed by atoms with Gasteiger partial charge in [-0.2, -0.15) is 4.98 Å². The maximum Gasteiger partial charge on any atom is 0.355 e. The zero-order valence-electron chi connectivity index (χ0n) is 24.4. The van der Waals surface area contributed by atoms with Gasteiger partial charge in [-0.15, -0.1) is 6.42 Å². The third-order valence-corrected chi connectivity index (χ3v) is 8.03. The highest BCUT2D eigenvalue weighted by Gasteiger charge is 2.34. The van der Waals surface area contributed by atoms with E-state index < -0.39 is 5.69 Å². The molecule has 1 aliphatic heterocycles. The molecule has 5 rings (SSSR count). The predicted octanol–water partition coefficient (Wildman–Crippen LogP) is 5.52. The third kappa shape index (κ3) is 5.05. The molecule has 0 aliphatic carbocycles. The van der Waals surface area contributed by atoms with Crippen molar-refractivity contribution in [2.45, 2.75) is 52.6 Å². The first-order chi connectivity index (χ1) is 20.0. The lowest BCUT2D eigenvalue weighted by molar-refractivity contribution is -0.128. The van der Waals surface area contributed by atoms with Crippen LogP contribution in [0.5, 0.6) is 0 Å².